The lowest BCUT2D eigenvalue weighted by molar-refractivity contribution is -0.124. The van der Waals surface area contributed by atoms with Crippen LogP contribution in [0.3, 0.4) is 0 Å². The van der Waals surface area contributed by atoms with Gasteiger partial charge < -0.3 is 15.2 Å². The van der Waals surface area contributed by atoms with E-state index in [0.29, 0.717) is 33.8 Å². The zero-order chi connectivity index (χ0) is 21.8. The van der Waals surface area contributed by atoms with Crippen LogP contribution in [-0.2, 0) is 4.79 Å². The van der Waals surface area contributed by atoms with Crippen LogP contribution in [-0.4, -0.2) is 45.6 Å². The molecule has 0 bridgehead atoms. The van der Waals surface area contributed by atoms with Gasteiger partial charge in [0, 0.05) is 31.9 Å². The molecule has 0 saturated heterocycles. The number of nitrogens with one attached hydrogen (secondary N) is 2. The number of likely N-dealkylation sites (N-methyl/N-ethyl adjacent to an activating group) is 1. The molecule has 2 heterocycles. The molecule has 2 N–H and O–H groups in total. The standard InChI is InChI=1S/C22H22N6O2/c1-13(2)20(29)17-11-24-21-19(17)27-18(12-25-21)26-16-7-5-6-14(9-16)8-15(10-23)22(30)28(3)4/h5-9,11-13H,1-4H3,(H,24,25)(H,26,27). The molecule has 152 valence electrons. The summed E-state index contributed by atoms with van der Waals surface area (Å²) >= 11 is 0. The third kappa shape index (κ3) is 4.36. The van der Waals surface area contributed by atoms with Crippen LogP contribution in [0.4, 0.5) is 11.5 Å². The zero-order valence-electron chi connectivity index (χ0n) is 17.2. The van der Waals surface area contributed by atoms with E-state index >= 15 is 0 Å². The molecule has 0 unspecified atom stereocenters. The van der Waals surface area contributed by atoms with Crippen molar-refractivity contribution in [2.75, 3.05) is 19.4 Å². The minimum absolute atomic E-state index is 0.00516. The fraction of sp³-hybridized carbons (Fsp3) is 0.227. The van der Waals surface area contributed by atoms with Crippen molar-refractivity contribution in [3.05, 3.63) is 53.4 Å². The number of nitriles is 1. The topological polar surface area (TPSA) is 115 Å². The van der Waals surface area contributed by atoms with Gasteiger partial charge in [0.15, 0.2) is 11.4 Å². The van der Waals surface area contributed by atoms with E-state index < -0.39 is 0 Å². The van der Waals surface area contributed by atoms with Crippen molar-refractivity contribution in [3.8, 4) is 6.07 Å². The maximum atomic E-state index is 12.4. The van der Waals surface area contributed by atoms with Crippen molar-refractivity contribution in [1.82, 2.24) is 19.9 Å². The summed E-state index contributed by atoms with van der Waals surface area (Å²) in [4.78, 5) is 37.7. The number of H-pyrrole nitrogens is 1. The summed E-state index contributed by atoms with van der Waals surface area (Å²) in [5.74, 6) is -0.0348. The number of amides is 1. The second-order valence-electron chi connectivity index (χ2n) is 7.29. The average Bonchev–Trinajstić information content (AvgIpc) is 3.14. The highest BCUT2D eigenvalue weighted by Crippen LogP contribution is 2.22. The predicted octanol–water partition coefficient (Wildman–Crippen LogP) is 3.54. The van der Waals surface area contributed by atoms with E-state index in [1.807, 2.05) is 26.0 Å². The first-order chi connectivity index (χ1) is 14.3. The van der Waals surface area contributed by atoms with Crippen molar-refractivity contribution < 1.29 is 9.59 Å². The molecule has 3 rings (SSSR count). The van der Waals surface area contributed by atoms with Crippen LogP contribution in [0.15, 0.2) is 42.2 Å². The average molecular weight is 402 g/mol. The highest BCUT2D eigenvalue weighted by molar-refractivity contribution is 6.06. The quantitative estimate of drug-likeness (QED) is 0.370. The van der Waals surface area contributed by atoms with Crippen LogP contribution in [0, 0.1) is 17.2 Å². The number of Topliss-reactive ketones (excluding diaryl/α,β-unsaturated/α-hetero) is 1. The van der Waals surface area contributed by atoms with Crippen molar-refractivity contribution in [1.29, 1.82) is 5.26 Å². The Labute approximate surface area is 174 Å². The number of hydrogen-bond acceptors (Lipinski definition) is 6. The normalized spacial score (nSPS) is 11.4. The summed E-state index contributed by atoms with van der Waals surface area (Å²) in [6.45, 7) is 3.68. The second-order valence-corrected chi connectivity index (χ2v) is 7.29. The Morgan fingerprint density at radius 3 is 2.73 bits per heavy atom. The van der Waals surface area contributed by atoms with E-state index in [1.165, 1.54) is 11.0 Å². The number of carbonyl (C=O) groups is 2. The molecule has 8 heteroatoms. The largest absolute Gasteiger partial charge is 0.344 e. The molecule has 0 radical (unpaired) electrons. The number of hydrogen-bond donors (Lipinski definition) is 2. The first kappa shape index (κ1) is 20.7. The van der Waals surface area contributed by atoms with E-state index in [0.717, 1.165) is 0 Å². The molecular formula is C22H22N6O2. The first-order valence-corrected chi connectivity index (χ1v) is 9.39. The Bertz CT molecular complexity index is 1180. The van der Waals surface area contributed by atoms with Crippen molar-refractivity contribution >= 4 is 40.4 Å². The summed E-state index contributed by atoms with van der Waals surface area (Å²) in [5, 5.41) is 12.4. The Hall–Kier alpha value is -3.99. The molecule has 1 amide bonds. The monoisotopic (exact) mass is 402 g/mol. The highest BCUT2D eigenvalue weighted by Gasteiger charge is 2.17. The number of benzene rings is 1. The summed E-state index contributed by atoms with van der Waals surface area (Å²) in [6, 6.07) is 9.17. The molecule has 2 aromatic heterocycles. The number of aromatic amines is 1. The highest BCUT2D eigenvalue weighted by atomic mass is 16.2. The number of carbonyl (C=O) groups excluding carboxylic acids is 2. The van der Waals surface area contributed by atoms with Gasteiger partial charge in [-0.15, -0.1) is 0 Å². The molecule has 0 atom stereocenters. The fourth-order valence-corrected chi connectivity index (χ4v) is 2.85. The van der Waals surface area contributed by atoms with Gasteiger partial charge in [0.1, 0.15) is 23.0 Å². The van der Waals surface area contributed by atoms with E-state index in [1.54, 1.807) is 44.7 Å². The van der Waals surface area contributed by atoms with Gasteiger partial charge in [0.05, 0.1) is 11.8 Å². The van der Waals surface area contributed by atoms with E-state index in [4.69, 9.17) is 0 Å². The van der Waals surface area contributed by atoms with Crippen molar-refractivity contribution in [2.24, 2.45) is 5.92 Å². The van der Waals surface area contributed by atoms with Gasteiger partial charge in [-0.3, -0.25) is 9.59 Å². The Morgan fingerprint density at radius 2 is 2.07 bits per heavy atom. The maximum absolute atomic E-state index is 12.4. The number of ketones is 1. The number of rotatable bonds is 6. The SMILES string of the molecule is CC(C)C(=O)c1c[nH]c2ncc(Nc3cccc(C=C(C#N)C(=O)N(C)C)c3)nc12. The number of nitrogens with zero attached hydrogens (tertiary/aromatic N) is 4. The van der Waals surface area contributed by atoms with Crippen LogP contribution >= 0.6 is 0 Å². The Morgan fingerprint density at radius 1 is 1.30 bits per heavy atom. The molecular weight excluding hydrogens is 380 g/mol. The maximum Gasteiger partial charge on any atom is 0.264 e. The lowest BCUT2D eigenvalue weighted by atomic mass is 10.0. The van der Waals surface area contributed by atoms with Crippen molar-refractivity contribution in [3.63, 3.8) is 0 Å². The lowest BCUT2D eigenvalue weighted by Crippen LogP contribution is -2.22. The number of anilines is 2. The van der Waals surface area contributed by atoms with Gasteiger partial charge in [-0.1, -0.05) is 26.0 Å². The molecule has 0 aliphatic rings. The summed E-state index contributed by atoms with van der Waals surface area (Å²) < 4.78 is 0. The van der Waals surface area contributed by atoms with Gasteiger partial charge in [-0.05, 0) is 23.8 Å². The van der Waals surface area contributed by atoms with E-state index in [-0.39, 0.29) is 23.2 Å². The van der Waals surface area contributed by atoms with Gasteiger partial charge in [-0.25, -0.2) is 9.97 Å². The molecule has 30 heavy (non-hydrogen) atoms. The Kier molecular flexibility index (Phi) is 5.93. The second kappa shape index (κ2) is 8.57. The van der Waals surface area contributed by atoms with E-state index in [2.05, 4.69) is 20.3 Å². The minimum Gasteiger partial charge on any atom is -0.344 e. The number of aromatic nitrogens is 3. The smallest absolute Gasteiger partial charge is 0.264 e. The molecule has 0 spiro atoms. The molecule has 3 aromatic rings. The van der Waals surface area contributed by atoms with Gasteiger partial charge in [-0.2, -0.15) is 5.26 Å². The lowest BCUT2D eigenvalue weighted by Gasteiger charge is -2.09. The van der Waals surface area contributed by atoms with Crippen LogP contribution in [0.25, 0.3) is 17.2 Å². The summed E-state index contributed by atoms with van der Waals surface area (Å²) in [6.07, 6.45) is 4.74. The van der Waals surface area contributed by atoms with Crippen LogP contribution in [0.5, 0.6) is 0 Å². The molecule has 0 aliphatic heterocycles. The van der Waals surface area contributed by atoms with E-state index in [9.17, 15) is 14.9 Å². The molecule has 0 fully saturated rings. The van der Waals surface area contributed by atoms with Gasteiger partial charge >= 0.3 is 0 Å². The molecule has 1 aromatic carbocycles. The molecule has 0 aliphatic carbocycles. The van der Waals surface area contributed by atoms with Crippen LogP contribution in [0.1, 0.15) is 29.8 Å². The number of fused-ring (bicyclic) bond motifs is 1. The fourth-order valence-electron chi connectivity index (χ4n) is 2.85. The Balaban J connectivity index is 1.90. The summed E-state index contributed by atoms with van der Waals surface area (Å²) in [7, 11) is 3.19. The first-order valence-electron chi connectivity index (χ1n) is 9.39. The van der Waals surface area contributed by atoms with Gasteiger partial charge in [0.25, 0.3) is 5.91 Å². The molecule has 8 nitrogen and oxygen atoms in total. The molecule has 0 saturated carbocycles. The van der Waals surface area contributed by atoms with Crippen LogP contribution < -0.4 is 5.32 Å². The van der Waals surface area contributed by atoms with Crippen LogP contribution in [0.2, 0.25) is 0 Å². The third-order valence-electron chi connectivity index (χ3n) is 4.40. The van der Waals surface area contributed by atoms with Gasteiger partial charge in [0.2, 0.25) is 0 Å². The minimum atomic E-state index is -0.359. The third-order valence-corrected chi connectivity index (χ3v) is 4.40. The van der Waals surface area contributed by atoms with Crippen molar-refractivity contribution in [2.45, 2.75) is 13.8 Å². The zero-order valence-corrected chi connectivity index (χ0v) is 17.2. The summed E-state index contributed by atoms with van der Waals surface area (Å²) in [5.41, 5.74) is 3.01. The predicted molar refractivity (Wildman–Crippen MR) is 115 cm³/mol.